The molecular weight excluding hydrogens is 150 g/mol. The van der Waals surface area contributed by atoms with Crippen LogP contribution in [0.25, 0.3) is 0 Å². The molecule has 1 N–H and O–H groups in total. The molecule has 3 heteroatoms. The first-order chi connectivity index (χ1) is 5.04. The minimum absolute atomic E-state index is 0.527. The van der Waals surface area contributed by atoms with Crippen molar-refractivity contribution in [3.63, 3.8) is 0 Å². The summed E-state index contributed by atoms with van der Waals surface area (Å²) in [6.07, 6.45) is 1.57. The second-order valence-corrected chi connectivity index (χ2v) is 2.17. The predicted molar refractivity (Wildman–Crippen MR) is 40.6 cm³/mol. The molecule has 1 nitrogen and oxygen atoms in total. The number of alkyl halides is 2. The lowest BCUT2D eigenvalue weighted by atomic mass is 10.1. The second kappa shape index (κ2) is 4.23. The molecule has 0 rings (SSSR count). The molecule has 1 unspecified atom stereocenters. The van der Waals surface area contributed by atoms with Gasteiger partial charge in [0.25, 0.3) is 5.92 Å². The van der Waals surface area contributed by atoms with Crippen LogP contribution in [0.3, 0.4) is 0 Å². The summed E-state index contributed by atoms with van der Waals surface area (Å²) in [5, 5.41) is 8.69. The highest BCUT2D eigenvalue weighted by Gasteiger charge is 2.32. The fourth-order valence-electron chi connectivity index (χ4n) is 0.531. The van der Waals surface area contributed by atoms with E-state index in [2.05, 4.69) is 6.58 Å². The normalized spacial score (nSPS) is 15.3. The average molecular weight is 162 g/mol. The van der Waals surface area contributed by atoms with Gasteiger partial charge in [0, 0.05) is 0 Å². The maximum atomic E-state index is 12.6. The number of aliphatic hydroxyl groups excluding tert-OH is 1. The molecule has 0 aliphatic heterocycles. The van der Waals surface area contributed by atoms with Crippen LogP contribution < -0.4 is 0 Å². The van der Waals surface area contributed by atoms with E-state index in [9.17, 15) is 8.78 Å². The summed E-state index contributed by atoms with van der Waals surface area (Å²) in [5.74, 6) is -3.18. The molecular formula is C8H12F2O. The summed E-state index contributed by atoms with van der Waals surface area (Å²) in [6.45, 7) is 4.81. The van der Waals surface area contributed by atoms with Crippen molar-refractivity contribution in [3.8, 4) is 0 Å². The molecule has 0 fully saturated rings. The summed E-state index contributed by atoms with van der Waals surface area (Å²) < 4.78 is 25.2. The number of aliphatic hydroxyl groups is 1. The molecule has 0 aromatic rings. The lowest BCUT2D eigenvalue weighted by Gasteiger charge is -2.14. The van der Waals surface area contributed by atoms with Gasteiger partial charge in [-0.1, -0.05) is 19.1 Å². The minimum atomic E-state index is -3.18. The quantitative estimate of drug-likeness (QED) is 0.628. The summed E-state index contributed by atoms with van der Waals surface area (Å²) in [5.41, 5.74) is 0. The smallest absolute Gasteiger partial charge is 0.295 e. The van der Waals surface area contributed by atoms with Crippen molar-refractivity contribution < 1.29 is 13.9 Å². The molecule has 0 amide bonds. The van der Waals surface area contributed by atoms with E-state index < -0.39 is 12.0 Å². The van der Waals surface area contributed by atoms with E-state index in [1.54, 1.807) is 6.92 Å². The van der Waals surface area contributed by atoms with Crippen LogP contribution in [0.5, 0.6) is 0 Å². The fraction of sp³-hybridized carbons (Fsp3) is 0.500. The Labute approximate surface area is 65.0 Å². The summed E-state index contributed by atoms with van der Waals surface area (Å²) >= 11 is 0. The van der Waals surface area contributed by atoms with Crippen molar-refractivity contribution in [2.75, 3.05) is 0 Å². The number of hydrogen-bond donors (Lipinski definition) is 1. The van der Waals surface area contributed by atoms with E-state index in [0.29, 0.717) is 12.5 Å². The highest BCUT2D eigenvalue weighted by atomic mass is 19.3. The Morgan fingerprint density at radius 2 is 2.18 bits per heavy atom. The summed E-state index contributed by atoms with van der Waals surface area (Å²) in [6, 6.07) is 0. The van der Waals surface area contributed by atoms with Gasteiger partial charge in [-0.05, 0) is 12.5 Å². The first-order valence-electron chi connectivity index (χ1n) is 3.40. The van der Waals surface area contributed by atoms with Crippen LogP contribution >= 0.6 is 0 Å². The van der Waals surface area contributed by atoms with Gasteiger partial charge in [0.15, 0.2) is 0 Å². The van der Waals surface area contributed by atoms with Crippen molar-refractivity contribution in [3.05, 3.63) is 24.8 Å². The molecule has 64 valence electrons. The first kappa shape index (κ1) is 10.3. The predicted octanol–water partition coefficient (Wildman–Crippen LogP) is 2.13. The zero-order valence-electron chi connectivity index (χ0n) is 6.43. The van der Waals surface area contributed by atoms with Crippen molar-refractivity contribution in [2.45, 2.75) is 25.4 Å². The maximum absolute atomic E-state index is 12.6. The van der Waals surface area contributed by atoms with Gasteiger partial charge in [-0.2, -0.15) is 8.78 Å². The van der Waals surface area contributed by atoms with Crippen molar-refractivity contribution in [2.24, 2.45) is 0 Å². The number of hydrogen-bond acceptors (Lipinski definition) is 1. The summed E-state index contributed by atoms with van der Waals surface area (Å²) in [7, 11) is 0. The van der Waals surface area contributed by atoms with E-state index in [4.69, 9.17) is 5.11 Å². The molecule has 0 bridgehead atoms. The Hall–Kier alpha value is -0.700. The molecule has 1 atom stereocenters. The maximum Gasteiger partial charge on any atom is 0.295 e. The third kappa shape index (κ3) is 3.28. The van der Waals surface area contributed by atoms with E-state index in [1.807, 2.05) is 0 Å². The van der Waals surface area contributed by atoms with E-state index in [1.165, 1.54) is 6.08 Å². The van der Waals surface area contributed by atoms with Gasteiger partial charge in [0.05, 0.1) is 0 Å². The molecule has 0 aromatic heterocycles. The Morgan fingerprint density at radius 3 is 2.55 bits per heavy atom. The minimum Gasteiger partial charge on any atom is -0.382 e. The van der Waals surface area contributed by atoms with Gasteiger partial charge >= 0.3 is 0 Å². The topological polar surface area (TPSA) is 20.2 Å². The molecule has 0 saturated heterocycles. The monoisotopic (exact) mass is 162 g/mol. The Kier molecular flexibility index (Phi) is 3.97. The molecule has 0 saturated carbocycles. The zero-order valence-corrected chi connectivity index (χ0v) is 6.43. The molecule has 0 aromatic carbocycles. The molecule has 0 radical (unpaired) electrons. The van der Waals surface area contributed by atoms with Crippen LogP contribution in [0, 0.1) is 0 Å². The lowest BCUT2D eigenvalue weighted by Crippen LogP contribution is -2.28. The fourth-order valence-corrected chi connectivity index (χ4v) is 0.531. The van der Waals surface area contributed by atoms with Crippen LogP contribution in [0.1, 0.15) is 13.3 Å². The van der Waals surface area contributed by atoms with E-state index in [-0.39, 0.29) is 0 Å². The number of rotatable bonds is 4. The van der Waals surface area contributed by atoms with Crippen LogP contribution in [-0.2, 0) is 0 Å². The third-order valence-corrected chi connectivity index (χ3v) is 1.19. The van der Waals surface area contributed by atoms with Gasteiger partial charge in [-0.25, -0.2) is 0 Å². The van der Waals surface area contributed by atoms with Crippen LogP contribution in [0.4, 0.5) is 8.78 Å². The first-order valence-corrected chi connectivity index (χ1v) is 3.40. The largest absolute Gasteiger partial charge is 0.382 e. The highest BCUT2D eigenvalue weighted by molar-refractivity contribution is 5.03. The van der Waals surface area contributed by atoms with Crippen LogP contribution in [-0.4, -0.2) is 17.1 Å². The van der Waals surface area contributed by atoms with Gasteiger partial charge in [0.2, 0.25) is 0 Å². The number of halogens is 2. The number of allylic oxidation sites excluding steroid dienone is 1. The van der Waals surface area contributed by atoms with E-state index in [0.717, 1.165) is 6.08 Å². The van der Waals surface area contributed by atoms with Gasteiger partial charge < -0.3 is 5.11 Å². The Morgan fingerprint density at radius 1 is 1.64 bits per heavy atom. The molecule has 0 aliphatic rings. The van der Waals surface area contributed by atoms with Crippen molar-refractivity contribution in [1.82, 2.24) is 0 Å². The standard InChI is InChI=1S/C8H12F2O/c1-3-5-6-8(9,10)7(11)4-2/h4-7,11H,2-3H2,1H3/b6-5-. The van der Waals surface area contributed by atoms with Crippen molar-refractivity contribution in [1.29, 1.82) is 0 Å². The molecule has 0 spiro atoms. The van der Waals surface area contributed by atoms with Crippen LogP contribution in [0.2, 0.25) is 0 Å². The molecule has 11 heavy (non-hydrogen) atoms. The van der Waals surface area contributed by atoms with Crippen molar-refractivity contribution >= 4 is 0 Å². The highest BCUT2D eigenvalue weighted by Crippen LogP contribution is 2.21. The molecule has 0 heterocycles. The lowest BCUT2D eigenvalue weighted by molar-refractivity contribution is -0.0450. The second-order valence-electron chi connectivity index (χ2n) is 2.17. The zero-order chi connectivity index (χ0) is 8.91. The average Bonchev–Trinajstić information content (AvgIpc) is 1.99. The van der Waals surface area contributed by atoms with Gasteiger partial charge in [-0.3, -0.25) is 0 Å². The molecule has 0 aliphatic carbocycles. The van der Waals surface area contributed by atoms with Crippen LogP contribution in [0.15, 0.2) is 24.8 Å². The Bertz CT molecular complexity index is 152. The van der Waals surface area contributed by atoms with Gasteiger partial charge in [0.1, 0.15) is 6.10 Å². The Balaban J connectivity index is 4.19. The third-order valence-electron chi connectivity index (χ3n) is 1.19. The summed E-state index contributed by atoms with van der Waals surface area (Å²) in [4.78, 5) is 0. The van der Waals surface area contributed by atoms with E-state index >= 15 is 0 Å². The van der Waals surface area contributed by atoms with Gasteiger partial charge in [-0.15, -0.1) is 6.58 Å². The SMILES string of the molecule is C=CC(O)C(F)(F)/C=C\CC.